The number of ether oxygens (including phenoxy) is 1. The number of hydrogen-bond acceptors (Lipinski definition) is 5. The summed E-state index contributed by atoms with van der Waals surface area (Å²) in [5, 5.41) is 3.07. The summed E-state index contributed by atoms with van der Waals surface area (Å²) in [6.07, 6.45) is 0. The zero-order valence-corrected chi connectivity index (χ0v) is 10.9. The second-order valence-corrected chi connectivity index (χ2v) is 4.06. The molecule has 0 atom stereocenters. The number of nitrogens with two attached hydrogens (primary N) is 1. The number of benzene rings is 1. The van der Waals surface area contributed by atoms with Crippen LogP contribution < -0.4 is 11.1 Å². The molecule has 3 N–H and O–H groups in total. The molecule has 1 aromatic heterocycles. The molecule has 0 radical (unpaired) electrons. The zero-order valence-electron chi connectivity index (χ0n) is 10.9. The highest BCUT2D eigenvalue weighted by molar-refractivity contribution is 5.93. The first-order valence-corrected chi connectivity index (χ1v) is 5.91. The van der Waals surface area contributed by atoms with Gasteiger partial charge < -0.3 is 20.2 Å². The lowest BCUT2D eigenvalue weighted by Crippen LogP contribution is -2.11. The normalized spacial score (nSPS) is 10.1. The van der Waals surface area contributed by atoms with E-state index in [4.69, 9.17) is 10.2 Å². The average molecular weight is 274 g/mol. The van der Waals surface area contributed by atoms with E-state index in [-0.39, 0.29) is 5.76 Å². The second kappa shape index (κ2) is 5.92. The minimum Gasteiger partial charge on any atom is -0.463 e. The highest BCUT2D eigenvalue weighted by Gasteiger charge is 2.10. The van der Waals surface area contributed by atoms with Crippen LogP contribution in [0.2, 0.25) is 0 Å². The van der Waals surface area contributed by atoms with Crippen LogP contribution in [-0.2, 0) is 11.3 Å². The van der Waals surface area contributed by atoms with E-state index in [1.165, 1.54) is 7.11 Å². The molecule has 104 valence electrons. The molecule has 0 saturated carbocycles. The van der Waals surface area contributed by atoms with Crippen LogP contribution in [0, 0.1) is 0 Å². The predicted molar refractivity (Wildman–Crippen MR) is 72.3 cm³/mol. The Bertz CT molecular complexity index is 634. The molecule has 6 heteroatoms. The molecule has 1 aromatic carbocycles. The van der Waals surface area contributed by atoms with Gasteiger partial charge in [0.05, 0.1) is 13.7 Å². The van der Waals surface area contributed by atoms with Crippen molar-refractivity contribution in [3.05, 3.63) is 53.5 Å². The number of anilines is 1. The number of methoxy groups -OCH3 is 1. The van der Waals surface area contributed by atoms with E-state index in [1.807, 2.05) is 0 Å². The zero-order chi connectivity index (χ0) is 14.5. The number of nitrogens with one attached hydrogen (secondary N) is 1. The van der Waals surface area contributed by atoms with Gasteiger partial charge in [0.15, 0.2) is 0 Å². The average Bonchev–Trinajstić information content (AvgIpc) is 2.93. The fourth-order valence-corrected chi connectivity index (χ4v) is 1.65. The number of esters is 1. The standard InChI is InChI=1S/C14H14N2O4/c1-19-14(18)12-6-5-11(20-12)8-16-10-4-2-3-9(7-10)13(15)17/h2-7,16H,8H2,1H3,(H2,15,17). The molecular weight excluding hydrogens is 260 g/mol. The van der Waals surface area contributed by atoms with Gasteiger partial charge in [-0.15, -0.1) is 0 Å². The van der Waals surface area contributed by atoms with Gasteiger partial charge in [-0.2, -0.15) is 0 Å². The molecule has 2 aromatic rings. The molecule has 20 heavy (non-hydrogen) atoms. The van der Waals surface area contributed by atoms with Gasteiger partial charge in [0.2, 0.25) is 11.7 Å². The third-order valence-corrected chi connectivity index (χ3v) is 2.66. The van der Waals surface area contributed by atoms with E-state index in [2.05, 4.69) is 10.1 Å². The fourth-order valence-electron chi connectivity index (χ4n) is 1.65. The molecule has 0 fully saturated rings. The monoisotopic (exact) mass is 274 g/mol. The fraction of sp³-hybridized carbons (Fsp3) is 0.143. The first kappa shape index (κ1) is 13.7. The van der Waals surface area contributed by atoms with Gasteiger partial charge in [0.1, 0.15) is 5.76 Å². The van der Waals surface area contributed by atoms with E-state index in [0.717, 1.165) is 5.69 Å². The molecule has 1 amide bonds. The van der Waals surface area contributed by atoms with Gasteiger partial charge in [0, 0.05) is 11.3 Å². The quantitative estimate of drug-likeness (QED) is 0.810. The molecule has 0 unspecified atom stereocenters. The number of hydrogen-bond donors (Lipinski definition) is 2. The van der Waals surface area contributed by atoms with Crippen molar-refractivity contribution in [2.45, 2.75) is 6.54 Å². The molecule has 0 aliphatic carbocycles. The first-order chi connectivity index (χ1) is 9.60. The maximum Gasteiger partial charge on any atom is 0.373 e. The lowest BCUT2D eigenvalue weighted by molar-refractivity contribution is 0.0563. The van der Waals surface area contributed by atoms with E-state index in [0.29, 0.717) is 17.9 Å². The van der Waals surface area contributed by atoms with Crippen molar-refractivity contribution < 1.29 is 18.7 Å². The summed E-state index contributed by atoms with van der Waals surface area (Å²) in [4.78, 5) is 22.3. The number of furan rings is 1. The molecule has 0 saturated heterocycles. The summed E-state index contributed by atoms with van der Waals surface area (Å²) in [5.41, 5.74) is 6.36. The van der Waals surface area contributed by atoms with E-state index < -0.39 is 11.9 Å². The van der Waals surface area contributed by atoms with Crippen LogP contribution in [0.1, 0.15) is 26.7 Å². The third kappa shape index (κ3) is 3.17. The molecule has 6 nitrogen and oxygen atoms in total. The lowest BCUT2D eigenvalue weighted by Gasteiger charge is -2.05. The highest BCUT2D eigenvalue weighted by atomic mass is 16.5. The van der Waals surface area contributed by atoms with E-state index >= 15 is 0 Å². The summed E-state index contributed by atoms with van der Waals surface area (Å²) >= 11 is 0. The maximum atomic E-state index is 11.2. The van der Waals surface area contributed by atoms with Crippen molar-refractivity contribution in [2.24, 2.45) is 5.73 Å². The van der Waals surface area contributed by atoms with Gasteiger partial charge in [0.25, 0.3) is 0 Å². The minimum absolute atomic E-state index is 0.148. The Labute approximate surface area is 115 Å². The molecule has 0 spiro atoms. The largest absolute Gasteiger partial charge is 0.463 e. The van der Waals surface area contributed by atoms with Crippen LogP contribution in [0.25, 0.3) is 0 Å². The van der Waals surface area contributed by atoms with Crippen molar-refractivity contribution in [2.75, 3.05) is 12.4 Å². The van der Waals surface area contributed by atoms with Crippen LogP contribution in [-0.4, -0.2) is 19.0 Å². The Kier molecular flexibility index (Phi) is 4.05. The van der Waals surface area contributed by atoms with Crippen molar-refractivity contribution in [1.82, 2.24) is 0 Å². The van der Waals surface area contributed by atoms with Gasteiger partial charge >= 0.3 is 5.97 Å². The van der Waals surface area contributed by atoms with Crippen LogP contribution in [0.15, 0.2) is 40.8 Å². The van der Waals surface area contributed by atoms with Gasteiger partial charge in [-0.1, -0.05) is 6.07 Å². The molecular formula is C14H14N2O4. The Balaban J connectivity index is 2.01. The SMILES string of the molecule is COC(=O)c1ccc(CNc2cccc(C(N)=O)c2)o1. The lowest BCUT2D eigenvalue weighted by atomic mass is 10.2. The summed E-state index contributed by atoms with van der Waals surface area (Å²) in [5.74, 6) is -0.281. The van der Waals surface area contributed by atoms with Crippen LogP contribution >= 0.6 is 0 Å². The smallest absolute Gasteiger partial charge is 0.373 e. The first-order valence-electron chi connectivity index (χ1n) is 5.91. The van der Waals surface area contributed by atoms with E-state index in [1.54, 1.807) is 36.4 Å². The number of carbonyl (C=O) groups is 2. The van der Waals surface area contributed by atoms with Gasteiger partial charge in [-0.05, 0) is 30.3 Å². The number of carbonyl (C=O) groups excluding carboxylic acids is 2. The highest BCUT2D eigenvalue weighted by Crippen LogP contribution is 2.14. The second-order valence-electron chi connectivity index (χ2n) is 4.06. The topological polar surface area (TPSA) is 94.6 Å². The predicted octanol–water partition coefficient (Wildman–Crippen LogP) is 1.78. The van der Waals surface area contributed by atoms with E-state index in [9.17, 15) is 9.59 Å². The molecule has 0 aliphatic rings. The van der Waals surface area contributed by atoms with Crippen LogP contribution in [0.3, 0.4) is 0 Å². The minimum atomic E-state index is -0.521. The van der Waals surface area contributed by atoms with Crippen LogP contribution in [0.5, 0.6) is 0 Å². The Morgan fingerprint density at radius 1 is 1.30 bits per heavy atom. The van der Waals surface area contributed by atoms with Crippen molar-refractivity contribution in [1.29, 1.82) is 0 Å². The Morgan fingerprint density at radius 2 is 2.10 bits per heavy atom. The Morgan fingerprint density at radius 3 is 2.80 bits per heavy atom. The summed E-state index contributed by atoms with van der Waals surface area (Å²) in [7, 11) is 1.29. The summed E-state index contributed by atoms with van der Waals surface area (Å²) < 4.78 is 9.86. The molecule has 2 rings (SSSR count). The van der Waals surface area contributed by atoms with Gasteiger partial charge in [-0.3, -0.25) is 4.79 Å². The number of amides is 1. The van der Waals surface area contributed by atoms with Crippen molar-refractivity contribution >= 4 is 17.6 Å². The van der Waals surface area contributed by atoms with Gasteiger partial charge in [-0.25, -0.2) is 4.79 Å². The maximum absolute atomic E-state index is 11.2. The van der Waals surface area contributed by atoms with Crippen molar-refractivity contribution in [3.63, 3.8) is 0 Å². The Hall–Kier alpha value is -2.76. The molecule has 1 heterocycles. The summed E-state index contributed by atoms with van der Waals surface area (Å²) in [6.45, 7) is 0.374. The molecule has 0 bridgehead atoms. The summed E-state index contributed by atoms with van der Waals surface area (Å²) in [6, 6.07) is 10.0. The number of primary amides is 1. The third-order valence-electron chi connectivity index (χ3n) is 2.66. The number of rotatable bonds is 5. The molecule has 0 aliphatic heterocycles. The van der Waals surface area contributed by atoms with Crippen molar-refractivity contribution in [3.8, 4) is 0 Å². The van der Waals surface area contributed by atoms with Crippen LogP contribution in [0.4, 0.5) is 5.69 Å².